The van der Waals surface area contributed by atoms with Crippen molar-refractivity contribution in [1.82, 2.24) is 0 Å². The normalized spacial score (nSPS) is 26.5. The molecular formula is C6H13BO. The van der Waals surface area contributed by atoms with E-state index in [2.05, 4.69) is 0 Å². The SMILES string of the molecule is CC.[B]C1CCCO1. The maximum absolute atomic E-state index is 5.31. The van der Waals surface area contributed by atoms with Gasteiger partial charge in [-0.3, -0.25) is 0 Å². The van der Waals surface area contributed by atoms with Crippen LogP contribution in [0.5, 0.6) is 0 Å². The van der Waals surface area contributed by atoms with E-state index in [0.29, 0.717) is 0 Å². The van der Waals surface area contributed by atoms with Gasteiger partial charge in [0.05, 0.1) is 0 Å². The summed E-state index contributed by atoms with van der Waals surface area (Å²) in [5.74, 6) is 0. The second-order valence-electron chi connectivity index (χ2n) is 1.55. The molecule has 8 heavy (non-hydrogen) atoms. The van der Waals surface area contributed by atoms with Crippen LogP contribution in [0.2, 0.25) is 0 Å². The van der Waals surface area contributed by atoms with Crippen LogP contribution >= 0.6 is 0 Å². The average molecular weight is 112 g/mol. The summed E-state index contributed by atoms with van der Waals surface area (Å²) in [6.07, 6.45) is 2.18. The summed E-state index contributed by atoms with van der Waals surface area (Å²) in [6, 6.07) is 0.0463. The van der Waals surface area contributed by atoms with Gasteiger partial charge in [-0.2, -0.15) is 0 Å². The average Bonchev–Trinajstić information content (AvgIpc) is 2.24. The van der Waals surface area contributed by atoms with Gasteiger partial charge in [0, 0.05) is 12.6 Å². The molecule has 1 rings (SSSR count). The van der Waals surface area contributed by atoms with E-state index in [-0.39, 0.29) is 6.00 Å². The molecule has 2 radical (unpaired) electrons. The van der Waals surface area contributed by atoms with Crippen LogP contribution in [0, 0.1) is 0 Å². The molecule has 1 aliphatic rings. The van der Waals surface area contributed by atoms with E-state index in [1.54, 1.807) is 0 Å². The number of hydrogen-bond acceptors (Lipinski definition) is 1. The van der Waals surface area contributed by atoms with E-state index in [4.69, 9.17) is 12.6 Å². The molecule has 1 heterocycles. The molecule has 0 amide bonds. The van der Waals surface area contributed by atoms with Crippen LogP contribution in [0.25, 0.3) is 0 Å². The van der Waals surface area contributed by atoms with E-state index in [0.717, 1.165) is 19.4 Å². The number of ether oxygens (including phenoxy) is 1. The highest BCUT2D eigenvalue weighted by atomic mass is 16.5. The molecule has 1 saturated heterocycles. The van der Waals surface area contributed by atoms with Crippen molar-refractivity contribution in [2.75, 3.05) is 6.61 Å². The van der Waals surface area contributed by atoms with E-state index in [1.165, 1.54) is 0 Å². The van der Waals surface area contributed by atoms with Gasteiger partial charge in [0.15, 0.2) is 0 Å². The van der Waals surface area contributed by atoms with Crippen molar-refractivity contribution < 1.29 is 4.74 Å². The van der Waals surface area contributed by atoms with Gasteiger partial charge in [-0.25, -0.2) is 0 Å². The fraction of sp³-hybridized carbons (Fsp3) is 1.00. The number of hydrogen-bond donors (Lipinski definition) is 0. The summed E-state index contributed by atoms with van der Waals surface area (Å²) in [6.45, 7) is 4.86. The smallest absolute Gasteiger partial charge is 0.108 e. The molecule has 0 aromatic heterocycles. The monoisotopic (exact) mass is 112 g/mol. The lowest BCUT2D eigenvalue weighted by Crippen LogP contribution is -2.01. The van der Waals surface area contributed by atoms with Crippen molar-refractivity contribution in [3.8, 4) is 0 Å². The van der Waals surface area contributed by atoms with Crippen LogP contribution in [0.1, 0.15) is 26.7 Å². The van der Waals surface area contributed by atoms with Gasteiger partial charge in [0.2, 0.25) is 0 Å². The highest BCUT2D eigenvalue weighted by Gasteiger charge is 2.06. The van der Waals surface area contributed by atoms with Gasteiger partial charge >= 0.3 is 0 Å². The zero-order valence-electron chi connectivity index (χ0n) is 5.68. The van der Waals surface area contributed by atoms with Gasteiger partial charge in [-0.15, -0.1) is 0 Å². The summed E-state index contributed by atoms with van der Waals surface area (Å²) in [7, 11) is 5.31. The van der Waals surface area contributed by atoms with Crippen molar-refractivity contribution >= 4 is 7.85 Å². The van der Waals surface area contributed by atoms with E-state index in [1.807, 2.05) is 13.8 Å². The third-order valence-corrected chi connectivity index (χ3v) is 0.965. The standard InChI is InChI=1S/C4H7BO.C2H6/c5-4-2-1-3-6-4;1-2/h4H,1-3H2;1-2H3. The van der Waals surface area contributed by atoms with E-state index in [9.17, 15) is 0 Å². The molecule has 0 aromatic carbocycles. The molecule has 0 aromatic rings. The Hall–Kier alpha value is 0.0249. The van der Waals surface area contributed by atoms with E-state index >= 15 is 0 Å². The molecule has 0 aliphatic carbocycles. The largest absolute Gasteiger partial charge is 0.388 e. The van der Waals surface area contributed by atoms with E-state index < -0.39 is 0 Å². The molecule has 1 nitrogen and oxygen atoms in total. The zero-order valence-corrected chi connectivity index (χ0v) is 5.68. The highest BCUT2D eigenvalue weighted by Crippen LogP contribution is 2.06. The van der Waals surface area contributed by atoms with Crippen molar-refractivity contribution in [3.63, 3.8) is 0 Å². The molecule has 46 valence electrons. The quantitative estimate of drug-likeness (QED) is 0.429. The maximum Gasteiger partial charge on any atom is 0.108 e. The van der Waals surface area contributed by atoms with Gasteiger partial charge in [0.1, 0.15) is 7.85 Å². The maximum atomic E-state index is 5.31. The fourth-order valence-corrected chi connectivity index (χ4v) is 0.603. The predicted octanol–water partition coefficient (Wildman–Crippen LogP) is 1.32. The van der Waals surface area contributed by atoms with Gasteiger partial charge < -0.3 is 4.74 Å². The molecule has 0 N–H and O–H groups in total. The summed E-state index contributed by atoms with van der Waals surface area (Å²) in [4.78, 5) is 0. The first-order valence-electron chi connectivity index (χ1n) is 3.27. The van der Waals surface area contributed by atoms with Crippen molar-refractivity contribution in [2.24, 2.45) is 0 Å². The van der Waals surface area contributed by atoms with Gasteiger partial charge in [0.25, 0.3) is 0 Å². The van der Waals surface area contributed by atoms with Crippen LogP contribution in [0.4, 0.5) is 0 Å². The predicted molar refractivity (Wildman–Crippen MR) is 36.1 cm³/mol. The third kappa shape index (κ3) is 3.08. The Bertz CT molecular complexity index is 41.8. The van der Waals surface area contributed by atoms with Crippen LogP contribution in [0.15, 0.2) is 0 Å². The van der Waals surface area contributed by atoms with Crippen LogP contribution in [-0.4, -0.2) is 20.5 Å². The minimum absolute atomic E-state index is 0.0463. The van der Waals surface area contributed by atoms with Gasteiger partial charge in [-0.05, 0) is 12.8 Å². The minimum Gasteiger partial charge on any atom is -0.388 e. The Balaban J connectivity index is 0.000000222. The zero-order chi connectivity index (χ0) is 6.41. The molecule has 1 unspecified atom stereocenters. The van der Waals surface area contributed by atoms with Crippen LogP contribution < -0.4 is 0 Å². The van der Waals surface area contributed by atoms with Crippen LogP contribution in [0.3, 0.4) is 0 Å². The Labute approximate surface area is 52.8 Å². The summed E-state index contributed by atoms with van der Waals surface area (Å²) >= 11 is 0. The lowest BCUT2D eigenvalue weighted by molar-refractivity contribution is 0.168. The Kier molecular flexibility index (Phi) is 5.18. The van der Waals surface area contributed by atoms with Crippen molar-refractivity contribution in [1.29, 1.82) is 0 Å². The first kappa shape index (κ1) is 8.02. The first-order valence-corrected chi connectivity index (χ1v) is 3.27. The molecule has 0 saturated carbocycles. The second kappa shape index (κ2) is 5.17. The molecule has 1 atom stereocenters. The summed E-state index contributed by atoms with van der Waals surface area (Å²) < 4.78 is 4.93. The Morgan fingerprint density at radius 2 is 2.12 bits per heavy atom. The first-order chi connectivity index (χ1) is 3.89. The molecule has 0 bridgehead atoms. The van der Waals surface area contributed by atoms with Crippen LogP contribution in [-0.2, 0) is 4.74 Å². The Morgan fingerprint density at radius 3 is 2.25 bits per heavy atom. The molecule has 2 heteroatoms. The Morgan fingerprint density at radius 1 is 1.50 bits per heavy atom. The third-order valence-electron chi connectivity index (χ3n) is 0.965. The number of rotatable bonds is 0. The minimum atomic E-state index is 0.0463. The summed E-state index contributed by atoms with van der Waals surface area (Å²) in [5.41, 5.74) is 0. The lowest BCUT2D eigenvalue weighted by Gasteiger charge is -1.94. The highest BCUT2D eigenvalue weighted by molar-refractivity contribution is 6.11. The van der Waals surface area contributed by atoms with Crippen molar-refractivity contribution in [3.05, 3.63) is 0 Å². The molecule has 0 spiro atoms. The lowest BCUT2D eigenvalue weighted by atomic mass is 9.98. The molecular weight excluding hydrogens is 98.9 g/mol. The van der Waals surface area contributed by atoms with Gasteiger partial charge in [-0.1, -0.05) is 13.8 Å². The summed E-state index contributed by atoms with van der Waals surface area (Å²) in [5, 5.41) is 0. The fourth-order valence-electron chi connectivity index (χ4n) is 0.603. The second-order valence-corrected chi connectivity index (χ2v) is 1.55. The topological polar surface area (TPSA) is 9.23 Å². The van der Waals surface area contributed by atoms with Crippen molar-refractivity contribution in [2.45, 2.75) is 32.7 Å². The molecule has 1 aliphatic heterocycles. The molecule has 1 fully saturated rings.